The van der Waals surface area contributed by atoms with Gasteiger partial charge in [-0.1, -0.05) is 12.1 Å². The summed E-state index contributed by atoms with van der Waals surface area (Å²) in [4.78, 5) is 24.5. The predicted molar refractivity (Wildman–Crippen MR) is 101 cm³/mol. The van der Waals surface area contributed by atoms with Crippen LogP contribution in [0.3, 0.4) is 0 Å². The van der Waals surface area contributed by atoms with E-state index in [0.29, 0.717) is 5.69 Å². The smallest absolute Gasteiger partial charge is 0.307 e. The molecule has 3 aromatic rings. The third-order valence-corrected chi connectivity index (χ3v) is 4.51. The maximum Gasteiger partial charge on any atom is 0.328 e. The van der Waals surface area contributed by atoms with Crippen LogP contribution in [0.15, 0.2) is 35.1 Å². The number of carbonyl (C=O) groups is 1. The highest BCUT2D eigenvalue weighted by Crippen LogP contribution is 2.23. The van der Waals surface area contributed by atoms with Crippen LogP contribution in [0, 0.1) is 20.8 Å². The molecule has 25 heavy (non-hydrogen) atoms. The Kier molecular flexibility index (Phi) is 4.12. The molecule has 2 aromatic carbocycles. The van der Waals surface area contributed by atoms with E-state index in [1.165, 1.54) is 0 Å². The van der Waals surface area contributed by atoms with E-state index >= 15 is 0 Å². The number of imidazole rings is 1. The molecule has 0 unspecified atom stereocenters. The number of nitrogens with zero attached hydrogens (tertiary/aromatic N) is 2. The van der Waals surface area contributed by atoms with Crippen molar-refractivity contribution >= 4 is 28.4 Å². The Morgan fingerprint density at radius 2 is 1.40 bits per heavy atom. The van der Waals surface area contributed by atoms with Crippen molar-refractivity contribution in [1.82, 2.24) is 9.13 Å². The summed E-state index contributed by atoms with van der Waals surface area (Å²) >= 11 is 0. The molecule has 3 rings (SSSR count). The lowest BCUT2D eigenvalue weighted by molar-refractivity contribution is 0.262. The zero-order valence-electron chi connectivity index (χ0n) is 15.1. The van der Waals surface area contributed by atoms with Crippen LogP contribution in [0.25, 0.3) is 11.0 Å². The van der Waals surface area contributed by atoms with Gasteiger partial charge in [0.2, 0.25) is 0 Å². The van der Waals surface area contributed by atoms with Gasteiger partial charge < -0.3 is 10.6 Å². The Hall–Kier alpha value is -3.02. The van der Waals surface area contributed by atoms with Crippen LogP contribution in [0.2, 0.25) is 0 Å². The minimum Gasteiger partial charge on any atom is -0.307 e. The number of amides is 2. The summed E-state index contributed by atoms with van der Waals surface area (Å²) in [5, 5.41) is 5.76. The fraction of sp³-hybridized carbons (Fsp3) is 0.263. The number of carbonyl (C=O) groups excluding carboxylic acids is 1. The highest BCUT2D eigenvalue weighted by Gasteiger charge is 2.13. The highest BCUT2D eigenvalue weighted by molar-refractivity contribution is 6.01. The summed E-state index contributed by atoms with van der Waals surface area (Å²) in [6.45, 7) is 5.84. The van der Waals surface area contributed by atoms with E-state index in [0.717, 1.165) is 33.4 Å². The molecule has 2 amide bonds. The summed E-state index contributed by atoms with van der Waals surface area (Å²) in [6, 6.07) is 9.34. The molecule has 2 N–H and O–H groups in total. The molecule has 1 heterocycles. The number of anilines is 2. The maximum atomic E-state index is 12.4. The van der Waals surface area contributed by atoms with Crippen LogP contribution in [0.5, 0.6) is 0 Å². The number of hydrogen-bond acceptors (Lipinski definition) is 2. The van der Waals surface area contributed by atoms with Gasteiger partial charge >= 0.3 is 11.7 Å². The van der Waals surface area contributed by atoms with Gasteiger partial charge in [-0.15, -0.1) is 0 Å². The van der Waals surface area contributed by atoms with Gasteiger partial charge in [0.15, 0.2) is 0 Å². The van der Waals surface area contributed by atoms with E-state index in [4.69, 9.17) is 0 Å². The third kappa shape index (κ3) is 3.03. The molecule has 0 radical (unpaired) electrons. The number of benzene rings is 2. The van der Waals surface area contributed by atoms with Crippen LogP contribution in [0.1, 0.15) is 16.7 Å². The number of fused-ring (bicyclic) bond motifs is 1. The second-order valence-electron chi connectivity index (χ2n) is 6.45. The molecular weight excluding hydrogens is 316 g/mol. The van der Waals surface area contributed by atoms with Crippen LogP contribution < -0.4 is 16.3 Å². The number of rotatable bonds is 2. The molecule has 0 saturated carbocycles. The average molecular weight is 338 g/mol. The summed E-state index contributed by atoms with van der Waals surface area (Å²) in [5.41, 5.74) is 5.96. The fourth-order valence-electron chi connectivity index (χ4n) is 2.93. The van der Waals surface area contributed by atoms with E-state index in [1.807, 2.05) is 51.1 Å². The van der Waals surface area contributed by atoms with Crippen LogP contribution >= 0.6 is 0 Å². The summed E-state index contributed by atoms with van der Waals surface area (Å²) in [5.74, 6) is 0. The highest BCUT2D eigenvalue weighted by atomic mass is 16.2. The number of aromatic nitrogens is 2. The fourth-order valence-corrected chi connectivity index (χ4v) is 2.93. The van der Waals surface area contributed by atoms with E-state index in [1.54, 1.807) is 23.2 Å². The van der Waals surface area contributed by atoms with Gasteiger partial charge in [-0.2, -0.15) is 0 Å². The zero-order valence-corrected chi connectivity index (χ0v) is 15.1. The molecule has 0 aliphatic rings. The maximum absolute atomic E-state index is 12.4. The number of aryl methyl sites for hydroxylation is 5. The van der Waals surface area contributed by atoms with Gasteiger partial charge in [-0.05, 0) is 55.7 Å². The van der Waals surface area contributed by atoms with Crippen LogP contribution in [-0.2, 0) is 14.1 Å². The van der Waals surface area contributed by atoms with Crippen molar-refractivity contribution in [2.24, 2.45) is 14.1 Å². The first-order chi connectivity index (χ1) is 11.8. The molecule has 0 aliphatic carbocycles. The summed E-state index contributed by atoms with van der Waals surface area (Å²) in [7, 11) is 3.46. The Labute approximate surface area is 146 Å². The normalized spacial score (nSPS) is 10.9. The van der Waals surface area contributed by atoms with Gasteiger partial charge in [-0.25, -0.2) is 9.59 Å². The minimum atomic E-state index is -0.308. The van der Waals surface area contributed by atoms with Gasteiger partial charge in [-0.3, -0.25) is 9.13 Å². The molecule has 0 saturated heterocycles. The molecule has 6 heteroatoms. The minimum absolute atomic E-state index is 0.0913. The molecule has 0 fully saturated rings. The Morgan fingerprint density at radius 3 is 2.04 bits per heavy atom. The monoisotopic (exact) mass is 338 g/mol. The van der Waals surface area contributed by atoms with Crippen LogP contribution in [0.4, 0.5) is 16.2 Å². The number of urea groups is 1. The first-order valence-corrected chi connectivity index (χ1v) is 8.09. The van der Waals surface area contributed by atoms with Gasteiger partial charge in [0.05, 0.1) is 11.0 Å². The van der Waals surface area contributed by atoms with Crippen molar-refractivity contribution in [3.8, 4) is 0 Å². The van der Waals surface area contributed by atoms with Crippen molar-refractivity contribution in [3.63, 3.8) is 0 Å². The Morgan fingerprint density at radius 1 is 0.840 bits per heavy atom. The van der Waals surface area contributed by atoms with Crippen molar-refractivity contribution in [3.05, 3.63) is 57.5 Å². The molecule has 6 nitrogen and oxygen atoms in total. The van der Waals surface area contributed by atoms with Crippen molar-refractivity contribution in [1.29, 1.82) is 0 Å². The molecular formula is C19H22N4O2. The molecule has 0 spiro atoms. The second-order valence-corrected chi connectivity index (χ2v) is 6.45. The third-order valence-electron chi connectivity index (χ3n) is 4.51. The summed E-state index contributed by atoms with van der Waals surface area (Å²) < 4.78 is 3.17. The lowest BCUT2D eigenvalue weighted by Gasteiger charge is -2.13. The van der Waals surface area contributed by atoms with E-state index in [9.17, 15) is 9.59 Å². The Bertz CT molecular complexity index is 1040. The largest absolute Gasteiger partial charge is 0.328 e. The topological polar surface area (TPSA) is 68.1 Å². The van der Waals surface area contributed by atoms with E-state index in [2.05, 4.69) is 10.6 Å². The molecule has 130 valence electrons. The lowest BCUT2D eigenvalue weighted by Crippen LogP contribution is -2.20. The Balaban J connectivity index is 1.91. The average Bonchev–Trinajstić information content (AvgIpc) is 2.76. The van der Waals surface area contributed by atoms with Gasteiger partial charge in [0, 0.05) is 25.5 Å². The second kappa shape index (κ2) is 6.12. The van der Waals surface area contributed by atoms with E-state index in [-0.39, 0.29) is 11.7 Å². The first kappa shape index (κ1) is 16.8. The summed E-state index contributed by atoms with van der Waals surface area (Å²) in [6.07, 6.45) is 0. The van der Waals surface area contributed by atoms with Gasteiger partial charge in [0.25, 0.3) is 0 Å². The SMILES string of the molecule is Cc1ccc(C)c(NC(=O)Nc2cc3c(cc2C)n(C)c(=O)n3C)c1. The quantitative estimate of drug-likeness (QED) is 0.751. The first-order valence-electron chi connectivity index (χ1n) is 8.09. The molecule has 0 aliphatic heterocycles. The van der Waals surface area contributed by atoms with Gasteiger partial charge in [0.1, 0.15) is 0 Å². The molecule has 0 atom stereocenters. The standard InChI is InChI=1S/C19H22N4O2/c1-11-6-7-12(2)14(8-11)20-18(24)21-15-10-17-16(9-13(15)3)22(4)19(25)23(17)5/h6-10H,1-5H3,(H2,20,21,24). The lowest BCUT2D eigenvalue weighted by atomic mass is 10.1. The predicted octanol–water partition coefficient (Wildman–Crippen LogP) is 3.45. The van der Waals surface area contributed by atoms with Crippen molar-refractivity contribution in [2.75, 3.05) is 10.6 Å². The number of nitrogens with one attached hydrogen (secondary N) is 2. The molecule has 1 aromatic heterocycles. The van der Waals surface area contributed by atoms with Crippen molar-refractivity contribution < 1.29 is 4.79 Å². The van der Waals surface area contributed by atoms with Crippen molar-refractivity contribution in [2.45, 2.75) is 20.8 Å². The number of hydrogen-bond donors (Lipinski definition) is 2. The molecule has 0 bridgehead atoms. The van der Waals surface area contributed by atoms with Crippen LogP contribution in [-0.4, -0.2) is 15.2 Å². The zero-order chi connectivity index (χ0) is 18.3. The van der Waals surface area contributed by atoms with E-state index < -0.39 is 0 Å².